The molecule has 0 radical (unpaired) electrons. The van der Waals surface area contributed by atoms with E-state index in [-0.39, 0.29) is 5.56 Å². The number of carbonyl (C=O) groups excluding carboxylic acids is 1. The minimum absolute atomic E-state index is 0.203. The fourth-order valence-electron chi connectivity index (χ4n) is 1.06. The Morgan fingerprint density at radius 3 is 2.80 bits per heavy atom. The second-order valence-corrected chi connectivity index (χ2v) is 4.52. The van der Waals surface area contributed by atoms with E-state index in [1.807, 2.05) is 22.6 Å². The van der Waals surface area contributed by atoms with Crippen molar-refractivity contribution >= 4 is 50.6 Å². The van der Waals surface area contributed by atoms with Gasteiger partial charge in [0.2, 0.25) is 0 Å². The average Bonchev–Trinajstić information content (AvgIpc) is 2.23. The Labute approximate surface area is 109 Å². The van der Waals surface area contributed by atoms with Crippen LogP contribution in [0.2, 0.25) is 0 Å². The maximum Gasteiger partial charge on any atom is 0.339 e. The number of methoxy groups -OCH3 is 1. The predicted octanol–water partition coefficient (Wildman–Crippen LogP) is 3.62. The number of hydrogen-bond donors (Lipinski definition) is 0. The molecular formula is C10H7BrFIO2. The van der Waals surface area contributed by atoms with Gasteiger partial charge in [-0.3, -0.25) is 0 Å². The van der Waals surface area contributed by atoms with E-state index in [2.05, 4.69) is 27.2 Å². The van der Waals surface area contributed by atoms with E-state index in [0.29, 0.717) is 13.6 Å². The molecule has 2 nitrogen and oxygen atoms in total. The number of ether oxygens (including phenoxy) is 1. The molecule has 0 spiro atoms. The Morgan fingerprint density at radius 1 is 1.73 bits per heavy atom. The fraction of sp³-hybridized carbons (Fsp3) is 0.100. The molecule has 0 saturated carbocycles. The van der Waals surface area contributed by atoms with Crippen LogP contribution < -0.4 is 0 Å². The summed E-state index contributed by atoms with van der Waals surface area (Å²) in [6.07, 6.45) is 1.49. The third-order valence-electron chi connectivity index (χ3n) is 1.80. The highest BCUT2D eigenvalue weighted by molar-refractivity contribution is 14.1. The minimum atomic E-state index is -0.561. The van der Waals surface area contributed by atoms with Crippen molar-refractivity contribution in [2.24, 2.45) is 0 Å². The first-order chi connectivity index (χ1) is 7.02. The molecular weight excluding hydrogens is 378 g/mol. The Morgan fingerprint density at radius 2 is 2.33 bits per heavy atom. The molecule has 0 atom stereocenters. The molecule has 0 aliphatic carbocycles. The lowest BCUT2D eigenvalue weighted by atomic mass is 10.1. The third kappa shape index (κ3) is 2.39. The van der Waals surface area contributed by atoms with E-state index in [0.717, 1.165) is 6.07 Å². The van der Waals surface area contributed by atoms with Crippen LogP contribution in [0, 0.1) is 9.39 Å². The van der Waals surface area contributed by atoms with Crippen molar-refractivity contribution in [1.82, 2.24) is 0 Å². The number of rotatable bonds is 2. The number of halogens is 3. The fourth-order valence-corrected chi connectivity index (χ4v) is 2.77. The lowest BCUT2D eigenvalue weighted by Gasteiger charge is -2.08. The average molecular weight is 385 g/mol. The van der Waals surface area contributed by atoms with Crippen molar-refractivity contribution in [3.8, 4) is 0 Å². The second-order valence-electron chi connectivity index (χ2n) is 2.64. The van der Waals surface area contributed by atoms with E-state index in [4.69, 9.17) is 0 Å². The summed E-state index contributed by atoms with van der Waals surface area (Å²) in [6, 6.07) is 1.14. The van der Waals surface area contributed by atoms with Crippen molar-refractivity contribution in [3.63, 3.8) is 0 Å². The molecule has 0 aliphatic heterocycles. The third-order valence-corrected chi connectivity index (χ3v) is 3.77. The van der Waals surface area contributed by atoms with Crippen molar-refractivity contribution in [1.29, 1.82) is 0 Å². The summed E-state index contributed by atoms with van der Waals surface area (Å²) in [5.74, 6) is -1.07. The number of benzene rings is 1. The maximum atomic E-state index is 13.4. The van der Waals surface area contributed by atoms with Crippen LogP contribution in [0.3, 0.4) is 0 Å². The maximum absolute atomic E-state index is 13.4. The summed E-state index contributed by atoms with van der Waals surface area (Å²) in [7, 11) is 1.26. The van der Waals surface area contributed by atoms with Gasteiger partial charge in [0.15, 0.2) is 0 Å². The molecule has 5 heteroatoms. The molecule has 1 rings (SSSR count). The second kappa shape index (κ2) is 5.07. The van der Waals surface area contributed by atoms with Crippen molar-refractivity contribution < 1.29 is 13.9 Å². The van der Waals surface area contributed by atoms with Crippen molar-refractivity contribution in [2.75, 3.05) is 7.11 Å². The van der Waals surface area contributed by atoms with E-state index in [1.54, 1.807) is 0 Å². The Bertz CT molecular complexity index is 432. The Hall–Kier alpha value is -0.430. The molecule has 80 valence electrons. The van der Waals surface area contributed by atoms with E-state index in [1.165, 1.54) is 13.2 Å². The van der Waals surface area contributed by atoms with Gasteiger partial charge < -0.3 is 4.74 Å². The van der Waals surface area contributed by atoms with Crippen LogP contribution in [-0.2, 0) is 4.74 Å². The summed E-state index contributed by atoms with van der Waals surface area (Å²) >= 11 is 5.05. The molecule has 0 heterocycles. The van der Waals surface area contributed by atoms with Gasteiger partial charge in [-0.1, -0.05) is 12.7 Å². The van der Waals surface area contributed by atoms with Gasteiger partial charge in [-0.05, 0) is 44.6 Å². The first kappa shape index (κ1) is 12.6. The molecule has 0 amide bonds. The summed E-state index contributed by atoms with van der Waals surface area (Å²) in [5, 5.41) is 0. The molecule has 0 aliphatic rings. The van der Waals surface area contributed by atoms with Gasteiger partial charge in [0.1, 0.15) is 5.82 Å². The van der Waals surface area contributed by atoms with Crippen LogP contribution in [0.15, 0.2) is 17.1 Å². The molecule has 0 aromatic heterocycles. The van der Waals surface area contributed by atoms with Gasteiger partial charge in [0.05, 0.1) is 17.1 Å². The summed E-state index contributed by atoms with van der Waals surface area (Å²) in [4.78, 5) is 11.3. The first-order valence-electron chi connectivity index (χ1n) is 3.91. The van der Waals surface area contributed by atoms with Gasteiger partial charge in [-0.15, -0.1) is 0 Å². The van der Waals surface area contributed by atoms with Crippen LogP contribution in [-0.4, -0.2) is 13.1 Å². The SMILES string of the molecule is C=Cc1c(Br)c(F)cc(C(=O)OC)c1I. The molecule has 1 aromatic rings. The van der Waals surface area contributed by atoms with Crippen LogP contribution in [0.25, 0.3) is 6.08 Å². The van der Waals surface area contributed by atoms with Crippen LogP contribution in [0.1, 0.15) is 15.9 Å². The zero-order valence-electron chi connectivity index (χ0n) is 7.81. The van der Waals surface area contributed by atoms with Gasteiger partial charge in [0.25, 0.3) is 0 Å². The van der Waals surface area contributed by atoms with Crippen LogP contribution in [0.5, 0.6) is 0 Å². The molecule has 0 unspecified atom stereocenters. The van der Waals surface area contributed by atoms with E-state index in [9.17, 15) is 9.18 Å². The molecule has 0 N–H and O–H groups in total. The largest absolute Gasteiger partial charge is 0.465 e. The van der Waals surface area contributed by atoms with E-state index >= 15 is 0 Å². The van der Waals surface area contributed by atoms with E-state index < -0.39 is 11.8 Å². The highest BCUT2D eigenvalue weighted by Gasteiger charge is 2.18. The van der Waals surface area contributed by atoms with Gasteiger partial charge in [-0.25, -0.2) is 9.18 Å². The van der Waals surface area contributed by atoms with Crippen LogP contribution >= 0.6 is 38.5 Å². The van der Waals surface area contributed by atoms with Crippen LogP contribution in [0.4, 0.5) is 4.39 Å². The smallest absolute Gasteiger partial charge is 0.339 e. The van der Waals surface area contributed by atoms with Crippen molar-refractivity contribution in [2.45, 2.75) is 0 Å². The highest BCUT2D eigenvalue weighted by atomic mass is 127. The lowest BCUT2D eigenvalue weighted by molar-refractivity contribution is 0.0599. The normalized spacial score (nSPS) is 9.87. The Kier molecular flexibility index (Phi) is 4.27. The zero-order valence-corrected chi connectivity index (χ0v) is 11.6. The predicted molar refractivity (Wildman–Crippen MR) is 68.2 cm³/mol. The standard InChI is InChI=1S/C10H7BrFIO2/c1-3-5-8(11)7(12)4-6(9(5)13)10(14)15-2/h3-4H,1H2,2H3. The highest BCUT2D eigenvalue weighted by Crippen LogP contribution is 2.29. The zero-order chi connectivity index (χ0) is 11.6. The minimum Gasteiger partial charge on any atom is -0.465 e. The number of esters is 1. The first-order valence-corrected chi connectivity index (χ1v) is 5.78. The van der Waals surface area contributed by atoms with Crippen molar-refractivity contribution in [3.05, 3.63) is 37.6 Å². The molecule has 1 aromatic carbocycles. The monoisotopic (exact) mass is 384 g/mol. The number of carbonyl (C=O) groups is 1. The van der Waals surface area contributed by atoms with Gasteiger partial charge in [0, 0.05) is 9.13 Å². The molecule has 15 heavy (non-hydrogen) atoms. The molecule has 0 bridgehead atoms. The summed E-state index contributed by atoms with van der Waals surface area (Å²) < 4.78 is 18.9. The lowest BCUT2D eigenvalue weighted by Crippen LogP contribution is -2.06. The molecule has 0 saturated heterocycles. The topological polar surface area (TPSA) is 26.3 Å². The summed E-state index contributed by atoms with van der Waals surface area (Å²) in [5.41, 5.74) is 0.754. The van der Waals surface area contributed by atoms with Gasteiger partial charge in [-0.2, -0.15) is 0 Å². The molecule has 0 fully saturated rings. The quantitative estimate of drug-likeness (QED) is 0.442. The number of hydrogen-bond acceptors (Lipinski definition) is 2. The Balaban J connectivity index is 3.50. The summed E-state index contributed by atoms with van der Waals surface area (Å²) in [6.45, 7) is 3.57. The van der Waals surface area contributed by atoms with Gasteiger partial charge >= 0.3 is 5.97 Å².